The number of hydrogen-bond donors (Lipinski definition) is 0. The van der Waals surface area contributed by atoms with E-state index in [0.717, 1.165) is 5.71 Å². The zero-order valence-corrected chi connectivity index (χ0v) is 20.0. The third-order valence-electron chi connectivity index (χ3n) is 5.83. The van der Waals surface area contributed by atoms with Gasteiger partial charge in [-0.15, -0.1) is 0 Å². The Balaban J connectivity index is 1.76. The van der Waals surface area contributed by atoms with Crippen molar-refractivity contribution in [2.45, 2.75) is 0 Å². The monoisotopic (exact) mass is 442 g/mol. The van der Waals surface area contributed by atoms with Crippen LogP contribution in [0.25, 0.3) is 11.1 Å². The normalized spacial score (nSPS) is 13.4. The lowest BCUT2D eigenvalue weighted by Crippen LogP contribution is -2.08. The number of rotatable bonds is 6. The van der Waals surface area contributed by atoms with Gasteiger partial charge in [0.05, 0.1) is 5.71 Å². The highest BCUT2D eigenvalue weighted by Crippen LogP contribution is 2.27. The molecule has 0 aromatic heterocycles. The van der Waals surface area contributed by atoms with Gasteiger partial charge in [0.25, 0.3) is 0 Å². The number of aliphatic imine (C=N–C) groups is 1. The molecule has 0 N–H and O–H groups in total. The van der Waals surface area contributed by atoms with Gasteiger partial charge in [-0.1, -0.05) is 103 Å². The van der Waals surface area contributed by atoms with E-state index in [4.69, 9.17) is 0 Å². The highest BCUT2D eigenvalue weighted by Gasteiger charge is 2.07. The van der Waals surface area contributed by atoms with Gasteiger partial charge in [0, 0.05) is 26.8 Å². The van der Waals surface area contributed by atoms with Crippen molar-refractivity contribution >= 4 is 22.5 Å². The molecule has 0 heterocycles. The van der Waals surface area contributed by atoms with Crippen LogP contribution in [0.2, 0.25) is 0 Å². The molecule has 0 fully saturated rings. The molecule has 0 unspecified atom stereocenters. The lowest BCUT2D eigenvalue weighted by molar-refractivity contribution is 1.13. The summed E-state index contributed by atoms with van der Waals surface area (Å²) < 4.78 is 0. The predicted molar refractivity (Wildman–Crippen MR) is 148 cm³/mol. The van der Waals surface area contributed by atoms with Crippen molar-refractivity contribution in [2.75, 3.05) is 26.0 Å². The highest BCUT2D eigenvalue weighted by molar-refractivity contribution is 6.06. The Morgan fingerprint density at radius 2 is 1.24 bits per heavy atom. The maximum atomic E-state index is 4.27. The van der Waals surface area contributed by atoms with Crippen molar-refractivity contribution in [3.63, 3.8) is 0 Å². The summed E-state index contributed by atoms with van der Waals surface area (Å²) in [6.07, 6.45) is 15.0. The Kier molecular flexibility index (Phi) is 7.52. The quantitative estimate of drug-likeness (QED) is 0.363. The Bertz CT molecular complexity index is 1270. The summed E-state index contributed by atoms with van der Waals surface area (Å²) in [7, 11) is 5.94. The molecule has 0 atom stereocenters. The first-order valence-corrected chi connectivity index (χ1v) is 11.5. The molecule has 0 spiro atoms. The van der Waals surface area contributed by atoms with Crippen LogP contribution in [0.15, 0.2) is 138 Å². The summed E-state index contributed by atoms with van der Waals surface area (Å²) in [4.78, 5) is 6.39. The zero-order valence-electron chi connectivity index (χ0n) is 20.0. The van der Waals surface area contributed by atoms with Crippen LogP contribution >= 0.6 is 0 Å². The van der Waals surface area contributed by atoms with E-state index < -0.39 is 0 Å². The van der Waals surface area contributed by atoms with E-state index in [0.29, 0.717) is 0 Å². The van der Waals surface area contributed by atoms with Gasteiger partial charge in [0.1, 0.15) is 0 Å². The van der Waals surface area contributed by atoms with Crippen LogP contribution in [0.4, 0.5) is 5.69 Å². The van der Waals surface area contributed by atoms with Crippen molar-refractivity contribution in [2.24, 2.45) is 4.99 Å². The van der Waals surface area contributed by atoms with Crippen molar-refractivity contribution in [1.82, 2.24) is 0 Å². The largest absolute Gasteiger partial charge is 0.378 e. The van der Waals surface area contributed by atoms with Crippen LogP contribution in [-0.4, -0.2) is 26.9 Å². The average molecular weight is 443 g/mol. The Morgan fingerprint density at radius 1 is 0.676 bits per heavy atom. The van der Waals surface area contributed by atoms with E-state index in [1.54, 1.807) is 0 Å². The van der Waals surface area contributed by atoms with E-state index in [1.165, 1.54) is 39.1 Å². The molecule has 1 aliphatic rings. The lowest BCUT2D eigenvalue weighted by atomic mass is 9.94. The van der Waals surface area contributed by atoms with Crippen LogP contribution in [0.1, 0.15) is 16.7 Å². The molecule has 2 nitrogen and oxygen atoms in total. The van der Waals surface area contributed by atoms with E-state index >= 15 is 0 Å². The van der Waals surface area contributed by atoms with E-state index in [1.807, 2.05) is 7.05 Å². The van der Waals surface area contributed by atoms with Crippen molar-refractivity contribution in [3.05, 3.63) is 150 Å². The number of anilines is 1. The molecule has 0 amide bonds. The molecule has 168 valence electrons. The highest BCUT2D eigenvalue weighted by atomic mass is 15.1. The Hall–Kier alpha value is -4.17. The Morgan fingerprint density at radius 3 is 1.79 bits per heavy atom. The smallest absolute Gasteiger partial charge is 0.0571 e. The molecular formula is C32H30N2. The number of allylic oxidation sites excluding steroid dienone is 9. The van der Waals surface area contributed by atoms with Crippen LogP contribution in [0.5, 0.6) is 0 Å². The first kappa shape index (κ1) is 23.0. The SMILES string of the molecule is CN=C1C=CC(=C(/C=C/C=C(\c2ccccc2)c2ccc(N(C)C)cc2)c2ccccc2)C=C1. The van der Waals surface area contributed by atoms with Crippen molar-refractivity contribution in [1.29, 1.82) is 0 Å². The Labute approximate surface area is 203 Å². The van der Waals surface area contributed by atoms with Crippen LogP contribution in [-0.2, 0) is 0 Å². The molecule has 1 aliphatic carbocycles. The fourth-order valence-corrected chi connectivity index (χ4v) is 3.92. The summed E-state index contributed by atoms with van der Waals surface area (Å²) >= 11 is 0. The minimum absolute atomic E-state index is 0.979. The van der Waals surface area contributed by atoms with E-state index in [2.05, 4.69) is 151 Å². The lowest BCUT2D eigenvalue weighted by Gasteiger charge is -2.14. The number of hydrogen-bond acceptors (Lipinski definition) is 2. The minimum Gasteiger partial charge on any atom is -0.378 e. The van der Waals surface area contributed by atoms with Gasteiger partial charge in [-0.05, 0) is 57.7 Å². The van der Waals surface area contributed by atoms with Crippen molar-refractivity contribution in [3.8, 4) is 0 Å². The second-order valence-electron chi connectivity index (χ2n) is 8.30. The summed E-state index contributed by atoms with van der Waals surface area (Å²) in [5.74, 6) is 0. The molecule has 0 radical (unpaired) electrons. The molecule has 34 heavy (non-hydrogen) atoms. The molecule has 0 saturated heterocycles. The summed E-state index contributed by atoms with van der Waals surface area (Å²) in [6.45, 7) is 0. The third-order valence-corrected chi connectivity index (χ3v) is 5.83. The second-order valence-corrected chi connectivity index (χ2v) is 8.30. The molecule has 0 aliphatic heterocycles. The summed E-state index contributed by atoms with van der Waals surface area (Å²) in [5.41, 5.74) is 9.27. The number of nitrogens with zero attached hydrogens (tertiary/aromatic N) is 2. The number of benzene rings is 3. The second kappa shape index (κ2) is 11.1. The fraction of sp³-hybridized carbons (Fsp3) is 0.0938. The predicted octanol–water partition coefficient (Wildman–Crippen LogP) is 7.39. The van der Waals surface area contributed by atoms with E-state index in [-0.39, 0.29) is 0 Å². The first-order valence-electron chi connectivity index (χ1n) is 11.5. The molecular weight excluding hydrogens is 412 g/mol. The van der Waals surface area contributed by atoms with Gasteiger partial charge in [0.15, 0.2) is 0 Å². The maximum absolute atomic E-state index is 4.27. The van der Waals surface area contributed by atoms with Crippen molar-refractivity contribution < 1.29 is 0 Å². The van der Waals surface area contributed by atoms with Gasteiger partial charge >= 0.3 is 0 Å². The third kappa shape index (κ3) is 5.60. The van der Waals surface area contributed by atoms with Crippen LogP contribution < -0.4 is 4.90 Å². The van der Waals surface area contributed by atoms with E-state index in [9.17, 15) is 0 Å². The van der Waals surface area contributed by atoms with Gasteiger partial charge in [-0.3, -0.25) is 4.99 Å². The molecule has 4 rings (SSSR count). The fourth-order valence-electron chi connectivity index (χ4n) is 3.92. The first-order chi connectivity index (χ1) is 16.7. The summed E-state index contributed by atoms with van der Waals surface area (Å²) in [6, 6.07) is 29.8. The minimum atomic E-state index is 0.979. The van der Waals surface area contributed by atoms with Crippen LogP contribution in [0, 0.1) is 0 Å². The molecule has 3 aromatic rings. The van der Waals surface area contributed by atoms with Gasteiger partial charge in [0.2, 0.25) is 0 Å². The molecule has 3 aromatic carbocycles. The summed E-state index contributed by atoms with van der Waals surface area (Å²) in [5, 5.41) is 0. The van der Waals surface area contributed by atoms with Gasteiger partial charge in [-0.25, -0.2) is 0 Å². The van der Waals surface area contributed by atoms with Gasteiger partial charge < -0.3 is 4.90 Å². The molecule has 0 bridgehead atoms. The standard InChI is InChI=1S/C32H30N2/c1-33-29-21-17-27(18-22-29)31(25-11-6-4-7-12-25)15-10-16-32(26-13-8-5-9-14-26)28-19-23-30(24-20-28)34(2)3/h4-24H,1-3H3/b15-10+,31-27?,32-16+,33-29?. The molecule has 2 heteroatoms. The maximum Gasteiger partial charge on any atom is 0.0571 e. The van der Waals surface area contributed by atoms with Crippen LogP contribution in [0.3, 0.4) is 0 Å². The average Bonchev–Trinajstić information content (AvgIpc) is 2.90. The molecule has 0 saturated carbocycles. The van der Waals surface area contributed by atoms with Gasteiger partial charge in [-0.2, -0.15) is 0 Å². The topological polar surface area (TPSA) is 15.6 Å². The zero-order chi connectivity index (χ0) is 23.8.